The van der Waals surface area contributed by atoms with Gasteiger partial charge in [-0.2, -0.15) is 0 Å². The van der Waals surface area contributed by atoms with E-state index in [1.54, 1.807) is 24.3 Å². The molecule has 214 valence electrons. The Kier molecular flexibility index (Phi) is 10.5. The van der Waals surface area contributed by atoms with Gasteiger partial charge in [0.05, 0.1) is 11.9 Å². The second-order valence-electron chi connectivity index (χ2n) is 11.5. The normalized spacial score (nSPS) is 15.4. The quantitative estimate of drug-likeness (QED) is 0.396. The van der Waals surface area contributed by atoms with Gasteiger partial charge in [-0.1, -0.05) is 82.8 Å². The lowest BCUT2D eigenvalue weighted by atomic mass is 9.87. The molecule has 0 radical (unpaired) electrons. The van der Waals surface area contributed by atoms with Crippen molar-refractivity contribution in [3.05, 3.63) is 64.7 Å². The van der Waals surface area contributed by atoms with Gasteiger partial charge in [0.1, 0.15) is 12.6 Å². The monoisotopic (exact) mass is 575 g/mol. The zero-order valence-corrected chi connectivity index (χ0v) is 25.3. The van der Waals surface area contributed by atoms with Crippen molar-refractivity contribution in [2.45, 2.75) is 90.3 Å². The number of hydrogen-bond donors (Lipinski definition) is 1. The van der Waals surface area contributed by atoms with Crippen molar-refractivity contribution in [3.63, 3.8) is 0 Å². The molecule has 1 aliphatic carbocycles. The third-order valence-corrected chi connectivity index (χ3v) is 8.70. The van der Waals surface area contributed by atoms with E-state index in [1.165, 1.54) is 11.3 Å². The molecule has 0 heterocycles. The Balaban J connectivity index is 1.91. The molecular formula is C30H42ClN3O4S. The summed E-state index contributed by atoms with van der Waals surface area (Å²) in [6.07, 6.45) is 6.67. The van der Waals surface area contributed by atoms with E-state index in [9.17, 15) is 18.0 Å². The number of carbonyl (C=O) groups excluding carboxylic acids is 2. The first kappa shape index (κ1) is 31.0. The highest BCUT2D eigenvalue weighted by atomic mass is 35.5. The Bertz CT molecular complexity index is 1220. The summed E-state index contributed by atoms with van der Waals surface area (Å²) in [5.74, 6) is -0.645. The highest BCUT2D eigenvalue weighted by molar-refractivity contribution is 7.92. The highest BCUT2D eigenvalue weighted by Gasteiger charge is 2.33. The number of nitrogens with zero attached hydrogens (tertiary/aromatic N) is 2. The van der Waals surface area contributed by atoms with Gasteiger partial charge in [0.2, 0.25) is 21.8 Å². The van der Waals surface area contributed by atoms with Gasteiger partial charge >= 0.3 is 0 Å². The summed E-state index contributed by atoms with van der Waals surface area (Å²) in [5.41, 5.74) is 2.17. The van der Waals surface area contributed by atoms with Crippen LogP contribution >= 0.6 is 11.6 Å². The predicted octanol–water partition coefficient (Wildman–Crippen LogP) is 5.66. The summed E-state index contributed by atoms with van der Waals surface area (Å²) in [5, 5.41) is 3.72. The maximum absolute atomic E-state index is 13.9. The number of anilines is 1. The van der Waals surface area contributed by atoms with Crippen LogP contribution in [0.4, 0.5) is 5.69 Å². The number of nitrogens with one attached hydrogen (secondary N) is 1. The van der Waals surface area contributed by atoms with Crippen molar-refractivity contribution in [1.29, 1.82) is 0 Å². The molecule has 0 saturated heterocycles. The topological polar surface area (TPSA) is 86.8 Å². The molecule has 1 aliphatic rings. The van der Waals surface area contributed by atoms with Crippen molar-refractivity contribution in [3.8, 4) is 0 Å². The predicted molar refractivity (Wildman–Crippen MR) is 158 cm³/mol. The fraction of sp³-hybridized carbons (Fsp3) is 0.533. The molecule has 3 rings (SSSR count). The minimum atomic E-state index is -3.78. The maximum atomic E-state index is 13.9. The van der Waals surface area contributed by atoms with Crippen LogP contribution in [-0.2, 0) is 31.6 Å². The molecule has 1 fully saturated rings. The molecular weight excluding hydrogens is 534 g/mol. The molecule has 39 heavy (non-hydrogen) atoms. The van der Waals surface area contributed by atoms with E-state index in [1.807, 2.05) is 31.2 Å². The second-order valence-corrected chi connectivity index (χ2v) is 13.8. The lowest BCUT2D eigenvalue weighted by molar-refractivity contribution is -0.140. The largest absolute Gasteiger partial charge is 0.352 e. The smallest absolute Gasteiger partial charge is 0.244 e. The van der Waals surface area contributed by atoms with E-state index in [-0.39, 0.29) is 23.9 Å². The number of amides is 2. The minimum Gasteiger partial charge on any atom is -0.352 e. The molecule has 7 nitrogen and oxygen atoms in total. The third-order valence-electron chi connectivity index (χ3n) is 7.30. The minimum absolute atomic E-state index is 0.0975. The molecule has 0 unspecified atom stereocenters. The Hall–Kier alpha value is -2.58. The first-order valence-electron chi connectivity index (χ1n) is 13.7. The maximum Gasteiger partial charge on any atom is 0.244 e. The summed E-state index contributed by atoms with van der Waals surface area (Å²) >= 11 is 6.07. The van der Waals surface area contributed by atoms with Crippen LogP contribution in [-0.4, -0.2) is 50.0 Å². The Morgan fingerprint density at radius 3 is 2.10 bits per heavy atom. The van der Waals surface area contributed by atoms with Crippen LogP contribution in [0.2, 0.25) is 5.02 Å². The first-order chi connectivity index (χ1) is 18.3. The third kappa shape index (κ3) is 8.70. The molecule has 2 aromatic carbocycles. The van der Waals surface area contributed by atoms with Gasteiger partial charge in [0, 0.05) is 17.6 Å². The van der Waals surface area contributed by atoms with Gasteiger partial charge in [0.15, 0.2) is 0 Å². The van der Waals surface area contributed by atoms with Crippen LogP contribution in [0.1, 0.15) is 77.3 Å². The molecule has 0 spiro atoms. The average Bonchev–Trinajstić information content (AvgIpc) is 2.87. The number of hydrogen-bond acceptors (Lipinski definition) is 4. The van der Waals surface area contributed by atoms with E-state index in [4.69, 9.17) is 11.6 Å². The van der Waals surface area contributed by atoms with Gasteiger partial charge in [-0.15, -0.1) is 0 Å². The SMILES string of the molecule is CC[C@@H](C(=O)NC1CCCCC1)N(Cc1ccc(Cl)cc1)C(=O)CN(c1ccc(C(C)(C)C)cc1)S(C)(=O)=O. The standard InChI is InChI=1S/C30H42ClN3O4S/c1-6-27(29(36)32-25-10-8-7-9-11-25)33(20-22-12-16-24(31)17-13-22)28(35)21-34(39(5,37)38)26-18-14-23(15-19-26)30(2,3)4/h12-19,25,27H,6-11,20-21H2,1-5H3,(H,32,36)/t27-/m0/s1. The summed E-state index contributed by atoms with van der Waals surface area (Å²) in [6.45, 7) is 7.86. The number of halogens is 1. The molecule has 9 heteroatoms. The van der Waals surface area contributed by atoms with Crippen LogP contribution in [0.5, 0.6) is 0 Å². The lowest BCUT2D eigenvalue weighted by Gasteiger charge is -2.34. The highest BCUT2D eigenvalue weighted by Crippen LogP contribution is 2.27. The average molecular weight is 576 g/mol. The van der Waals surface area contributed by atoms with Gasteiger partial charge < -0.3 is 10.2 Å². The fourth-order valence-corrected chi connectivity index (χ4v) is 5.97. The van der Waals surface area contributed by atoms with Crippen LogP contribution in [0, 0.1) is 0 Å². The summed E-state index contributed by atoms with van der Waals surface area (Å²) in [4.78, 5) is 28.8. The lowest BCUT2D eigenvalue weighted by Crippen LogP contribution is -2.53. The summed E-state index contributed by atoms with van der Waals surface area (Å²) < 4.78 is 26.8. The van der Waals surface area contributed by atoms with Crippen LogP contribution in [0.25, 0.3) is 0 Å². The number of carbonyl (C=O) groups is 2. The van der Waals surface area contributed by atoms with Gasteiger partial charge in [-0.05, 0) is 60.1 Å². The van der Waals surface area contributed by atoms with Crippen molar-refractivity contribution >= 4 is 39.1 Å². The first-order valence-corrected chi connectivity index (χ1v) is 15.9. The fourth-order valence-electron chi connectivity index (χ4n) is 4.99. The zero-order valence-electron chi connectivity index (χ0n) is 23.7. The van der Waals surface area contributed by atoms with Gasteiger partial charge in [0.25, 0.3) is 0 Å². The van der Waals surface area contributed by atoms with Crippen molar-refractivity contribution in [1.82, 2.24) is 10.2 Å². The van der Waals surface area contributed by atoms with Gasteiger partial charge in [-0.3, -0.25) is 13.9 Å². The molecule has 1 N–H and O–H groups in total. The second kappa shape index (κ2) is 13.2. The number of benzene rings is 2. The van der Waals surface area contributed by atoms with Crippen LogP contribution < -0.4 is 9.62 Å². The summed E-state index contributed by atoms with van der Waals surface area (Å²) in [7, 11) is -3.78. The number of sulfonamides is 1. The Morgan fingerprint density at radius 1 is 1.00 bits per heavy atom. The van der Waals surface area contributed by atoms with E-state index in [0.717, 1.165) is 47.4 Å². The summed E-state index contributed by atoms with van der Waals surface area (Å²) in [6, 6.07) is 13.7. The molecule has 2 amide bonds. The Labute approximate surface area is 239 Å². The molecule has 0 bridgehead atoms. The van der Waals surface area contributed by atoms with Crippen molar-refractivity contribution in [2.75, 3.05) is 17.1 Å². The van der Waals surface area contributed by atoms with E-state index in [2.05, 4.69) is 26.1 Å². The van der Waals surface area contributed by atoms with Crippen LogP contribution in [0.15, 0.2) is 48.5 Å². The zero-order chi connectivity index (χ0) is 28.8. The Morgan fingerprint density at radius 2 is 1.59 bits per heavy atom. The van der Waals surface area contributed by atoms with E-state index >= 15 is 0 Å². The van der Waals surface area contributed by atoms with Crippen LogP contribution in [0.3, 0.4) is 0 Å². The molecule has 2 aromatic rings. The molecule has 1 atom stereocenters. The molecule has 0 aliphatic heterocycles. The number of rotatable bonds is 10. The van der Waals surface area contributed by atoms with Crippen molar-refractivity contribution < 1.29 is 18.0 Å². The van der Waals surface area contributed by atoms with E-state index in [0.29, 0.717) is 17.1 Å². The van der Waals surface area contributed by atoms with Gasteiger partial charge in [-0.25, -0.2) is 8.42 Å². The van der Waals surface area contributed by atoms with Crippen molar-refractivity contribution in [2.24, 2.45) is 0 Å². The molecule has 0 aromatic heterocycles. The molecule has 1 saturated carbocycles. The van der Waals surface area contributed by atoms with E-state index < -0.39 is 28.5 Å².